The van der Waals surface area contributed by atoms with E-state index in [0.717, 1.165) is 0 Å². The van der Waals surface area contributed by atoms with Gasteiger partial charge in [0.05, 0.1) is 31.7 Å². The average Bonchev–Trinajstić information content (AvgIpc) is 2.94. The number of aliphatic hydroxyl groups excluding tert-OH is 2. The average molecular weight is 281 g/mol. The number of rotatable bonds is 3. The molecule has 1 unspecified atom stereocenters. The van der Waals surface area contributed by atoms with Crippen LogP contribution in [0.4, 0.5) is 0 Å². The van der Waals surface area contributed by atoms with Gasteiger partial charge < -0.3 is 19.8 Å². The fourth-order valence-corrected chi connectivity index (χ4v) is 2.52. The van der Waals surface area contributed by atoms with Crippen molar-refractivity contribution in [1.29, 1.82) is 5.41 Å². The highest BCUT2D eigenvalue weighted by molar-refractivity contribution is 6.23. The van der Waals surface area contributed by atoms with Gasteiger partial charge in [0.2, 0.25) is 5.96 Å². The zero-order valence-electron chi connectivity index (χ0n) is 10.6. The van der Waals surface area contributed by atoms with E-state index in [1.54, 1.807) is 4.90 Å². The Hall–Kier alpha value is -1.84. The zero-order valence-corrected chi connectivity index (χ0v) is 10.6. The Balaban J connectivity index is 1.69. The molecule has 3 rings (SSSR count). The van der Waals surface area contributed by atoms with Crippen molar-refractivity contribution < 1.29 is 19.7 Å². The van der Waals surface area contributed by atoms with E-state index < -0.39 is 18.2 Å². The number of carbonyl (C=O) groups is 1. The van der Waals surface area contributed by atoms with Gasteiger partial charge in [-0.2, -0.15) is 4.99 Å². The first-order chi connectivity index (χ1) is 9.58. The summed E-state index contributed by atoms with van der Waals surface area (Å²) in [5.74, 6) is -0.194. The van der Waals surface area contributed by atoms with E-state index >= 15 is 0 Å². The minimum absolute atomic E-state index is 0.211. The number of hydrogen-bond acceptors (Lipinski definition) is 7. The van der Waals surface area contributed by atoms with E-state index in [2.05, 4.69) is 15.3 Å². The molecule has 0 aromatic carbocycles. The Morgan fingerprint density at radius 3 is 3.10 bits per heavy atom. The highest BCUT2D eigenvalue weighted by Gasteiger charge is 2.40. The van der Waals surface area contributed by atoms with Crippen LogP contribution in [0.2, 0.25) is 0 Å². The lowest BCUT2D eigenvalue weighted by atomic mass is 10.1. The maximum absolute atomic E-state index is 11.6. The van der Waals surface area contributed by atoms with Crippen molar-refractivity contribution in [3.8, 4) is 0 Å². The van der Waals surface area contributed by atoms with Crippen molar-refractivity contribution in [2.75, 3.05) is 13.2 Å². The number of fused-ring (bicyclic) bond motifs is 1. The van der Waals surface area contributed by atoms with Crippen molar-refractivity contribution >= 4 is 24.0 Å². The summed E-state index contributed by atoms with van der Waals surface area (Å²) < 4.78 is 5.51. The maximum Gasteiger partial charge on any atom is 0.259 e. The van der Waals surface area contributed by atoms with Crippen LogP contribution in [-0.2, 0) is 9.53 Å². The summed E-state index contributed by atoms with van der Waals surface area (Å²) in [4.78, 5) is 21.3. The number of ether oxygens (including phenoxy) is 1. The second-order valence-corrected chi connectivity index (χ2v) is 4.91. The summed E-state index contributed by atoms with van der Waals surface area (Å²) in [6, 6.07) is -0.718. The van der Waals surface area contributed by atoms with Gasteiger partial charge in [0, 0.05) is 6.42 Å². The summed E-state index contributed by atoms with van der Waals surface area (Å²) in [7, 11) is 0. The van der Waals surface area contributed by atoms with Gasteiger partial charge in [0.25, 0.3) is 5.91 Å². The van der Waals surface area contributed by atoms with Gasteiger partial charge in [-0.3, -0.25) is 20.5 Å². The summed E-state index contributed by atoms with van der Waals surface area (Å²) in [6.45, 7) is 0.134. The quantitative estimate of drug-likeness (QED) is 0.461. The molecular weight excluding hydrogens is 266 g/mol. The molecule has 0 spiro atoms. The monoisotopic (exact) mass is 281 g/mol. The topological polar surface area (TPSA) is 131 Å². The molecular formula is C11H15N5O4. The van der Waals surface area contributed by atoms with Crippen LogP contribution in [0.25, 0.3) is 0 Å². The molecule has 108 valence electrons. The number of carbonyl (C=O) groups excluding carboxylic acids is 1. The molecule has 3 aliphatic rings. The number of hydrogen-bond donors (Lipinski definition) is 4. The molecule has 0 saturated carbocycles. The van der Waals surface area contributed by atoms with Gasteiger partial charge >= 0.3 is 0 Å². The second-order valence-electron chi connectivity index (χ2n) is 4.91. The van der Waals surface area contributed by atoms with Crippen LogP contribution in [0.1, 0.15) is 6.42 Å². The molecule has 4 atom stereocenters. The fourth-order valence-electron chi connectivity index (χ4n) is 2.52. The van der Waals surface area contributed by atoms with Gasteiger partial charge in [-0.15, -0.1) is 0 Å². The molecule has 0 bridgehead atoms. The SMILES string of the molecule is N=C1N=C2C(N=CN2C[C@H]2C[C@H](O)[C@@H](CO)O2)C(=O)N1. The minimum atomic E-state index is -0.718. The van der Waals surface area contributed by atoms with Crippen LogP contribution < -0.4 is 5.32 Å². The Morgan fingerprint density at radius 1 is 1.60 bits per heavy atom. The second kappa shape index (κ2) is 4.93. The minimum Gasteiger partial charge on any atom is -0.394 e. The lowest BCUT2D eigenvalue weighted by molar-refractivity contribution is -0.119. The molecule has 4 N–H and O–H groups in total. The molecule has 3 aliphatic heterocycles. The first-order valence-electron chi connectivity index (χ1n) is 6.31. The molecule has 9 nitrogen and oxygen atoms in total. The van der Waals surface area contributed by atoms with Gasteiger partial charge in [-0.05, 0) is 0 Å². The van der Waals surface area contributed by atoms with Crippen LogP contribution >= 0.6 is 0 Å². The van der Waals surface area contributed by atoms with Crippen molar-refractivity contribution in [2.45, 2.75) is 30.8 Å². The van der Waals surface area contributed by atoms with Crippen LogP contribution in [0.5, 0.6) is 0 Å². The predicted molar refractivity (Wildman–Crippen MR) is 68.7 cm³/mol. The summed E-state index contributed by atoms with van der Waals surface area (Å²) in [5, 5.41) is 28.5. The van der Waals surface area contributed by atoms with Gasteiger partial charge in [0.1, 0.15) is 11.9 Å². The molecule has 0 aromatic rings. The number of aliphatic imine (C=N–C) groups is 2. The van der Waals surface area contributed by atoms with Crippen molar-refractivity contribution in [2.24, 2.45) is 9.98 Å². The Morgan fingerprint density at radius 2 is 2.40 bits per heavy atom. The molecule has 3 heterocycles. The Bertz CT molecular complexity index is 505. The zero-order chi connectivity index (χ0) is 14.3. The standard InChI is InChI=1S/C11H15N5O4/c12-11-14-9-8(10(19)15-11)13-4-16(9)2-5-1-6(18)7(3-17)20-5/h4-8,17-18H,1-3H2,(H2,12,15,19)/t5-,6+,7-,8?/m1/s1. The summed E-state index contributed by atoms with van der Waals surface area (Å²) >= 11 is 0. The molecule has 9 heteroatoms. The molecule has 1 fully saturated rings. The highest BCUT2D eigenvalue weighted by atomic mass is 16.5. The number of amidine groups is 1. The lowest BCUT2D eigenvalue weighted by Gasteiger charge is -2.24. The Kier molecular flexibility index (Phi) is 3.24. The van der Waals surface area contributed by atoms with Gasteiger partial charge in [-0.1, -0.05) is 0 Å². The van der Waals surface area contributed by atoms with Crippen LogP contribution in [-0.4, -0.2) is 76.7 Å². The number of nitrogens with zero attached hydrogens (tertiary/aromatic N) is 3. The normalized spacial score (nSPS) is 36.1. The van der Waals surface area contributed by atoms with Crippen molar-refractivity contribution in [1.82, 2.24) is 10.2 Å². The highest BCUT2D eigenvalue weighted by Crippen LogP contribution is 2.22. The number of nitrogens with one attached hydrogen (secondary N) is 2. The first kappa shape index (κ1) is 13.2. The van der Waals surface area contributed by atoms with E-state index in [9.17, 15) is 9.90 Å². The third-order valence-electron chi connectivity index (χ3n) is 3.49. The molecule has 0 radical (unpaired) electrons. The number of aliphatic hydroxyl groups is 2. The lowest BCUT2D eigenvalue weighted by Crippen LogP contribution is -2.49. The molecule has 0 aliphatic carbocycles. The smallest absolute Gasteiger partial charge is 0.259 e. The van der Waals surface area contributed by atoms with E-state index in [1.165, 1.54) is 6.34 Å². The first-order valence-corrected chi connectivity index (χ1v) is 6.31. The summed E-state index contributed by atoms with van der Waals surface area (Å²) in [6.07, 6.45) is 0.329. The Labute approximate surface area is 114 Å². The molecule has 0 aromatic heterocycles. The third kappa shape index (κ3) is 2.19. The van der Waals surface area contributed by atoms with Crippen molar-refractivity contribution in [3.63, 3.8) is 0 Å². The van der Waals surface area contributed by atoms with Crippen molar-refractivity contribution in [3.05, 3.63) is 0 Å². The van der Waals surface area contributed by atoms with Gasteiger partial charge in [-0.25, -0.2) is 0 Å². The molecule has 1 saturated heterocycles. The van der Waals surface area contributed by atoms with Crippen LogP contribution in [0.15, 0.2) is 9.98 Å². The van der Waals surface area contributed by atoms with E-state index in [4.69, 9.17) is 15.3 Å². The number of amides is 1. The summed E-state index contributed by atoms with van der Waals surface area (Å²) in [5.41, 5.74) is 0. The fraction of sp³-hybridized carbons (Fsp3) is 0.636. The largest absolute Gasteiger partial charge is 0.394 e. The predicted octanol–water partition coefficient (Wildman–Crippen LogP) is -2.33. The number of guanidine groups is 1. The van der Waals surface area contributed by atoms with E-state index in [-0.39, 0.29) is 24.6 Å². The maximum atomic E-state index is 11.6. The van der Waals surface area contributed by atoms with Crippen LogP contribution in [0, 0.1) is 5.41 Å². The third-order valence-corrected chi connectivity index (χ3v) is 3.49. The molecule has 20 heavy (non-hydrogen) atoms. The van der Waals surface area contributed by atoms with E-state index in [1.807, 2.05) is 0 Å². The molecule has 1 amide bonds. The van der Waals surface area contributed by atoms with Gasteiger partial charge in [0.15, 0.2) is 6.04 Å². The van der Waals surface area contributed by atoms with Crippen LogP contribution in [0.3, 0.4) is 0 Å². The van der Waals surface area contributed by atoms with E-state index in [0.29, 0.717) is 18.8 Å².